The number of hydrogen-bond acceptors (Lipinski definition) is 7. The van der Waals surface area contributed by atoms with Crippen LogP contribution in [0, 0.1) is 11.8 Å². The van der Waals surface area contributed by atoms with E-state index in [1.54, 1.807) is 33.7 Å². The third-order valence-corrected chi connectivity index (χ3v) is 7.35. The molecule has 2 aromatic rings. The first-order valence-corrected chi connectivity index (χ1v) is 12.8. The van der Waals surface area contributed by atoms with E-state index in [0.717, 1.165) is 6.42 Å². The third-order valence-electron chi connectivity index (χ3n) is 7.35. The maximum atomic E-state index is 14.5. The predicted molar refractivity (Wildman–Crippen MR) is 129 cm³/mol. The zero-order chi connectivity index (χ0) is 26.3. The first-order chi connectivity index (χ1) is 17.6. The number of amides is 1. The molecule has 5 rings (SSSR count). The van der Waals surface area contributed by atoms with E-state index < -0.39 is 30.8 Å². The van der Waals surface area contributed by atoms with Crippen LogP contribution in [-0.2, 0) is 29.5 Å². The smallest absolute Gasteiger partial charge is 0.410 e. The van der Waals surface area contributed by atoms with E-state index in [-0.39, 0.29) is 31.7 Å². The number of piperidine rings is 1. The Hall–Kier alpha value is -3.31. The van der Waals surface area contributed by atoms with Gasteiger partial charge in [-0.1, -0.05) is 25.0 Å². The highest BCUT2D eigenvalue weighted by atomic mass is 19.3. The Morgan fingerprint density at radius 1 is 1.24 bits per heavy atom. The number of hydrogen-bond donors (Lipinski definition) is 1. The van der Waals surface area contributed by atoms with Gasteiger partial charge in [-0.25, -0.2) is 23.2 Å². The van der Waals surface area contributed by atoms with Crippen molar-refractivity contribution in [2.75, 3.05) is 24.5 Å². The van der Waals surface area contributed by atoms with Gasteiger partial charge in [0.2, 0.25) is 0 Å². The fraction of sp³-hybridized carbons (Fsp3) is 0.640. The molecule has 3 fully saturated rings. The highest BCUT2D eigenvalue weighted by Gasteiger charge is 2.42. The Morgan fingerprint density at radius 2 is 2.03 bits per heavy atom. The highest BCUT2D eigenvalue weighted by Crippen LogP contribution is 2.37. The molecule has 0 unspecified atom stereocenters. The number of alkyl halides is 2. The van der Waals surface area contributed by atoms with Gasteiger partial charge in [-0.15, -0.1) is 5.10 Å². The van der Waals surface area contributed by atoms with Crippen molar-refractivity contribution < 1.29 is 28.2 Å². The molecule has 2 saturated heterocycles. The first-order valence-electron chi connectivity index (χ1n) is 12.8. The van der Waals surface area contributed by atoms with E-state index >= 15 is 0 Å². The van der Waals surface area contributed by atoms with E-state index in [1.807, 2.05) is 6.92 Å². The van der Waals surface area contributed by atoms with Gasteiger partial charge in [0.05, 0.1) is 48.8 Å². The fourth-order valence-corrected chi connectivity index (χ4v) is 5.43. The summed E-state index contributed by atoms with van der Waals surface area (Å²) in [6, 6.07) is 3.47. The van der Waals surface area contributed by atoms with Crippen molar-refractivity contribution in [3.8, 4) is 11.4 Å². The van der Waals surface area contributed by atoms with Gasteiger partial charge in [0, 0.05) is 20.0 Å². The zero-order valence-electron chi connectivity index (χ0n) is 21.1. The van der Waals surface area contributed by atoms with Crippen LogP contribution in [0.3, 0.4) is 0 Å². The molecule has 3 aliphatic rings. The van der Waals surface area contributed by atoms with Crippen molar-refractivity contribution in [2.45, 2.75) is 64.0 Å². The van der Waals surface area contributed by atoms with Crippen molar-refractivity contribution >= 4 is 17.7 Å². The predicted octanol–water partition coefficient (Wildman–Crippen LogP) is 3.50. The van der Waals surface area contributed by atoms with E-state index in [1.165, 1.54) is 12.8 Å². The second-order valence-electron chi connectivity index (χ2n) is 10.5. The summed E-state index contributed by atoms with van der Waals surface area (Å²) < 4.78 is 36.1. The maximum absolute atomic E-state index is 14.5. The fourth-order valence-electron chi connectivity index (χ4n) is 5.43. The molecule has 10 nitrogen and oxygen atoms in total. The number of cyclic esters (lactones) is 1. The number of pyridine rings is 1. The number of carbonyl (C=O) groups is 2. The summed E-state index contributed by atoms with van der Waals surface area (Å²) in [4.78, 5) is 31.6. The molecule has 0 radical (unpaired) electrons. The molecule has 1 amide bonds. The zero-order valence-corrected chi connectivity index (χ0v) is 21.1. The number of carbonyl (C=O) groups excluding carboxylic acids is 1. The molecule has 4 heterocycles. The van der Waals surface area contributed by atoms with E-state index in [0.29, 0.717) is 47.3 Å². The van der Waals surface area contributed by atoms with Crippen LogP contribution in [0.15, 0.2) is 12.1 Å². The Morgan fingerprint density at radius 3 is 2.73 bits per heavy atom. The molecule has 2 aromatic heterocycles. The van der Waals surface area contributed by atoms with Crippen molar-refractivity contribution in [1.82, 2.24) is 24.9 Å². The summed E-state index contributed by atoms with van der Waals surface area (Å²) >= 11 is 0. The van der Waals surface area contributed by atoms with Gasteiger partial charge in [0.15, 0.2) is 0 Å². The topological polar surface area (TPSA) is 114 Å². The lowest BCUT2D eigenvalue weighted by molar-refractivity contribution is -0.139. The van der Waals surface area contributed by atoms with Gasteiger partial charge in [-0.05, 0) is 36.8 Å². The van der Waals surface area contributed by atoms with Crippen molar-refractivity contribution in [3.63, 3.8) is 0 Å². The number of nitrogens with zero attached hydrogens (tertiary/aromatic N) is 6. The molecule has 0 spiro atoms. The Labute approximate surface area is 213 Å². The van der Waals surface area contributed by atoms with Crippen molar-refractivity contribution in [2.24, 2.45) is 18.9 Å². The van der Waals surface area contributed by atoms with Gasteiger partial charge < -0.3 is 14.7 Å². The summed E-state index contributed by atoms with van der Waals surface area (Å²) in [5.41, 5.74) is 2.95. The molecular weight excluding hydrogens is 486 g/mol. The molecular formula is C25H32F2N6O4. The summed E-state index contributed by atoms with van der Waals surface area (Å²) in [6.45, 7) is 2.44. The van der Waals surface area contributed by atoms with Crippen LogP contribution in [0.1, 0.15) is 50.4 Å². The number of carboxylic acids is 1. The Balaban J connectivity index is 1.37. The molecule has 37 heavy (non-hydrogen) atoms. The number of aliphatic carboxylic acids is 1. The summed E-state index contributed by atoms with van der Waals surface area (Å²) in [5.74, 6) is -4.06. The van der Waals surface area contributed by atoms with Crippen molar-refractivity contribution in [3.05, 3.63) is 23.5 Å². The number of ether oxygens (including phenoxy) is 1. The van der Waals surface area contributed by atoms with Crippen LogP contribution in [-0.4, -0.2) is 73.7 Å². The van der Waals surface area contributed by atoms with Crippen LogP contribution in [0.4, 0.5) is 19.3 Å². The minimum absolute atomic E-state index is 0.0960. The average Bonchev–Trinajstić information content (AvgIpc) is 3.47. The lowest BCUT2D eigenvalue weighted by Crippen LogP contribution is -2.48. The van der Waals surface area contributed by atoms with Crippen LogP contribution in [0.25, 0.3) is 11.4 Å². The first kappa shape index (κ1) is 25.3. The van der Waals surface area contributed by atoms with Crippen molar-refractivity contribution in [1.29, 1.82) is 0 Å². The summed E-state index contributed by atoms with van der Waals surface area (Å²) in [7, 11) is 1.75. The average molecular weight is 519 g/mol. The number of carboxylic acid groups (broad SMARTS) is 1. The second kappa shape index (κ2) is 9.86. The SMILES string of the molecule is CCc1nc(-c2nnn(C)c2CN2C[C@H](CC3CC3)OC2=O)ccc1N1C[C@@H](CC(=O)O)CC(F)(F)C1. The molecule has 200 valence electrons. The molecule has 2 atom stereocenters. The van der Waals surface area contributed by atoms with Gasteiger partial charge in [-0.2, -0.15) is 0 Å². The lowest BCUT2D eigenvalue weighted by Gasteiger charge is -2.39. The van der Waals surface area contributed by atoms with Crippen LogP contribution in [0.2, 0.25) is 0 Å². The van der Waals surface area contributed by atoms with Gasteiger partial charge in [-0.3, -0.25) is 9.69 Å². The molecule has 1 aliphatic carbocycles. The molecule has 2 aliphatic heterocycles. The second-order valence-corrected chi connectivity index (χ2v) is 10.5. The van der Waals surface area contributed by atoms with E-state index in [4.69, 9.17) is 14.8 Å². The van der Waals surface area contributed by atoms with E-state index in [2.05, 4.69) is 10.3 Å². The number of aryl methyl sites for hydroxylation is 2. The van der Waals surface area contributed by atoms with Crippen LogP contribution in [0.5, 0.6) is 0 Å². The van der Waals surface area contributed by atoms with Gasteiger partial charge >= 0.3 is 12.1 Å². The van der Waals surface area contributed by atoms with Crippen LogP contribution >= 0.6 is 0 Å². The molecule has 0 aromatic carbocycles. The monoisotopic (exact) mass is 518 g/mol. The standard InChI is InChI=1S/C25H32F2N6O4/c1-3-18-20(33-11-16(9-22(34)35)10-25(26,27)14-33)7-6-19(28-18)23-21(31(2)30-29-23)13-32-12-17(37-24(32)36)8-15-4-5-15/h6-7,15-17H,3-5,8-14H2,1-2H3,(H,34,35)/t16-,17-/m0/s1. The molecule has 1 saturated carbocycles. The molecule has 0 bridgehead atoms. The normalized spacial score (nSPS) is 23.4. The lowest BCUT2D eigenvalue weighted by atomic mass is 9.91. The molecule has 1 N–H and O–H groups in total. The Kier molecular flexibility index (Phi) is 6.76. The largest absolute Gasteiger partial charge is 0.481 e. The van der Waals surface area contributed by atoms with Gasteiger partial charge in [0.1, 0.15) is 11.8 Å². The number of anilines is 1. The van der Waals surface area contributed by atoms with Gasteiger partial charge in [0.25, 0.3) is 5.92 Å². The van der Waals surface area contributed by atoms with E-state index in [9.17, 15) is 18.4 Å². The minimum Gasteiger partial charge on any atom is -0.481 e. The summed E-state index contributed by atoms with van der Waals surface area (Å²) in [6.07, 6.45) is 2.59. The Bertz CT molecular complexity index is 1180. The number of rotatable bonds is 9. The minimum atomic E-state index is -2.98. The number of halogens is 2. The quantitative estimate of drug-likeness (QED) is 0.537. The number of aromatic nitrogens is 4. The maximum Gasteiger partial charge on any atom is 0.410 e. The van der Waals surface area contributed by atoms with Crippen LogP contribution < -0.4 is 4.90 Å². The third kappa shape index (κ3) is 5.67. The summed E-state index contributed by atoms with van der Waals surface area (Å²) in [5, 5.41) is 17.6. The highest BCUT2D eigenvalue weighted by molar-refractivity contribution is 5.71. The molecule has 12 heteroatoms.